The number of ether oxygens (including phenoxy) is 1. The molecular formula is C21H24F4N4O. The van der Waals surface area contributed by atoms with Crippen molar-refractivity contribution in [2.45, 2.75) is 50.4 Å². The van der Waals surface area contributed by atoms with Crippen molar-refractivity contribution >= 4 is 11.6 Å². The largest absolute Gasteiger partial charge is 0.416 e. The molecule has 4 rings (SSSR count). The molecule has 2 aliphatic rings. The molecule has 0 radical (unpaired) electrons. The van der Waals surface area contributed by atoms with Gasteiger partial charge in [-0.15, -0.1) is 0 Å². The molecule has 0 amide bonds. The Bertz CT molecular complexity index is 882. The summed E-state index contributed by atoms with van der Waals surface area (Å²) >= 11 is 0. The first-order valence-electron chi connectivity index (χ1n) is 10.1. The molecule has 2 fully saturated rings. The van der Waals surface area contributed by atoms with Crippen LogP contribution in [0.3, 0.4) is 0 Å². The normalized spacial score (nSPS) is 24.4. The summed E-state index contributed by atoms with van der Waals surface area (Å²) in [5.41, 5.74) is -0.341. The zero-order chi connectivity index (χ0) is 21.4. The molecule has 0 bridgehead atoms. The van der Waals surface area contributed by atoms with Crippen molar-refractivity contribution in [1.82, 2.24) is 9.97 Å². The van der Waals surface area contributed by atoms with E-state index in [-0.39, 0.29) is 23.3 Å². The SMILES string of the molecule is CC1(CNc2ncnc(N3CCC[C@@H]3c3ccc(C(F)(F)F)cc3)c2F)CCCO1. The summed E-state index contributed by atoms with van der Waals surface area (Å²) in [7, 11) is 0. The van der Waals surface area contributed by atoms with Crippen molar-refractivity contribution in [3.8, 4) is 0 Å². The van der Waals surface area contributed by atoms with E-state index in [2.05, 4.69) is 15.3 Å². The lowest BCUT2D eigenvalue weighted by Gasteiger charge is -2.28. The van der Waals surface area contributed by atoms with Crippen LogP contribution in [0.25, 0.3) is 0 Å². The van der Waals surface area contributed by atoms with Gasteiger partial charge in [0.05, 0.1) is 17.2 Å². The summed E-state index contributed by atoms with van der Waals surface area (Å²) < 4.78 is 59.5. The number of hydrogen-bond donors (Lipinski definition) is 1. The van der Waals surface area contributed by atoms with Gasteiger partial charge in [0.25, 0.3) is 0 Å². The van der Waals surface area contributed by atoms with E-state index in [0.29, 0.717) is 31.7 Å². The maximum Gasteiger partial charge on any atom is 0.416 e. The standard InChI is InChI=1S/C21H24F4N4O/c1-20(9-3-11-30-20)12-26-18-17(22)19(28-13-27-18)29-10-2-4-16(29)14-5-7-15(8-6-14)21(23,24)25/h5-8,13,16H,2-4,9-12H2,1H3,(H,26,27,28)/t16-,20?/m1/s1. The Hall–Kier alpha value is -2.42. The smallest absolute Gasteiger partial charge is 0.373 e. The van der Waals surface area contributed by atoms with Crippen molar-refractivity contribution in [1.29, 1.82) is 0 Å². The van der Waals surface area contributed by atoms with Crippen molar-refractivity contribution in [3.63, 3.8) is 0 Å². The van der Waals surface area contributed by atoms with Crippen molar-refractivity contribution < 1.29 is 22.3 Å². The average molecular weight is 424 g/mol. The van der Waals surface area contributed by atoms with E-state index in [9.17, 15) is 13.2 Å². The Kier molecular flexibility index (Phi) is 5.57. The van der Waals surface area contributed by atoms with Gasteiger partial charge in [0, 0.05) is 19.7 Å². The number of alkyl halides is 3. The number of anilines is 2. The topological polar surface area (TPSA) is 50.3 Å². The molecule has 30 heavy (non-hydrogen) atoms. The third kappa shape index (κ3) is 4.21. The second-order valence-electron chi connectivity index (χ2n) is 8.09. The first-order chi connectivity index (χ1) is 14.3. The van der Waals surface area contributed by atoms with E-state index in [4.69, 9.17) is 4.74 Å². The van der Waals surface area contributed by atoms with E-state index in [1.54, 1.807) is 4.90 Å². The highest BCUT2D eigenvalue weighted by Crippen LogP contribution is 2.38. The molecule has 5 nitrogen and oxygen atoms in total. The molecule has 162 valence electrons. The number of halogens is 4. The Labute approximate surface area is 172 Å². The molecule has 1 N–H and O–H groups in total. The fourth-order valence-electron chi connectivity index (χ4n) is 4.19. The minimum absolute atomic E-state index is 0.106. The van der Waals surface area contributed by atoms with Gasteiger partial charge < -0.3 is 15.0 Å². The van der Waals surface area contributed by atoms with Gasteiger partial charge in [0.2, 0.25) is 5.82 Å². The van der Waals surface area contributed by atoms with E-state index in [0.717, 1.165) is 31.4 Å². The van der Waals surface area contributed by atoms with Gasteiger partial charge in [0.15, 0.2) is 11.6 Å². The van der Waals surface area contributed by atoms with Crippen LogP contribution in [-0.4, -0.2) is 35.3 Å². The van der Waals surface area contributed by atoms with Crippen LogP contribution in [-0.2, 0) is 10.9 Å². The molecular weight excluding hydrogens is 400 g/mol. The van der Waals surface area contributed by atoms with Gasteiger partial charge in [0.1, 0.15) is 6.33 Å². The Morgan fingerprint density at radius 2 is 1.97 bits per heavy atom. The third-order valence-electron chi connectivity index (χ3n) is 5.85. The van der Waals surface area contributed by atoms with Crippen LogP contribution in [0.15, 0.2) is 30.6 Å². The second-order valence-corrected chi connectivity index (χ2v) is 8.09. The molecule has 2 aliphatic heterocycles. The Balaban J connectivity index is 1.54. The molecule has 0 aliphatic carbocycles. The number of nitrogens with zero attached hydrogens (tertiary/aromatic N) is 3. The summed E-state index contributed by atoms with van der Waals surface area (Å²) in [6, 6.07) is 4.82. The summed E-state index contributed by atoms with van der Waals surface area (Å²) in [4.78, 5) is 9.98. The van der Waals surface area contributed by atoms with Gasteiger partial charge in [-0.1, -0.05) is 12.1 Å². The first kappa shape index (κ1) is 20.8. The van der Waals surface area contributed by atoms with Crippen LogP contribution in [0.2, 0.25) is 0 Å². The molecule has 3 heterocycles. The monoisotopic (exact) mass is 424 g/mol. The lowest BCUT2D eigenvalue weighted by Crippen LogP contribution is -2.33. The Morgan fingerprint density at radius 3 is 2.63 bits per heavy atom. The highest BCUT2D eigenvalue weighted by molar-refractivity contribution is 5.53. The summed E-state index contributed by atoms with van der Waals surface area (Å²) in [5, 5.41) is 3.04. The van der Waals surface area contributed by atoms with Crippen LogP contribution in [0.5, 0.6) is 0 Å². The molecule has 1 aromatic carbocycles. The summed E-state index contributed by atoms with van der Waals surface area (Å²) in [5.74, 6) is -0.292. The lowest BCUT2D eigenvalue weighted by molar-refractivity contribution is -0.137. The zero-order valence-corrected chi connectivity index (χ0v) is 16.7. The first-order valence-corrected chi connectivity index (χ1v) is 10.1. The minimum atomic E-state index is -4.38. The van der Waals surface area contributed by atoms with Gasteiger partial charge in [-0.25, -0.2) is 9.97 Å². The predicted molar refractivity (Wildman–Crippen MR) is 105 cm³/mol. The van der Waals surface area contributed by atoms with E-state index in [1.165, 1.54) is 18.5 Å². The third-order valence-corrected chi connectivity index (χ3v) is 5.85. The molecule has 0 spiro atoms. The van der Waals surface area contributed by atoms with Crippen molar-refractivity contribution in [2.75, 3.05) is 29.9 Å². The predicted octanol–water partition coefficient (Wildman–Crippen LogP) is 4.96. The highest BCUT2D eigenvalue weighted by Gasteiger charge is 2.34. The average Bonchev–Trinajstić information content (AvgIpc) is 3.36. The number of nitrogens with one attached hydrogen (secondary N) is 1. The van der Waals surface area contributed by atoms with Crippen LogP contribution < -0.4 is 10.2 Å². The van der Waals surface area contributed by atoms with Crippen LogP contribution in [0.4, 0.5) is 29.2 Å². The Morgan fingerprint density at radius 1 is 1.20 bits per heavy atom. The quantitative estimate of drug-likeness (QED) is 0.688. The van der Waals surface area contributed by atoms with Gasteiger partial charge in [-0.05, 0) is 50.3 Å². The van der Waals surface area contributed by atoms with Crippen molar-refractivity contribution in [2.24, 2.45) is 0 Å². The van der Waals surface area contributed by atoms with Gasteiger partial charge in [-0.2, -0.15) is 17.6 Å². The molecule has 2 saturated heterocycles. The molecule has 9 heteroatoms. The van der Waals surface area contributed by atoms with E-state index >= 15 is 4.39 Å². The van der Waals surface area contributed by atoms with Crippen LogP contribution >= 0.6 is 0 Å². The maximum atomic E-state index is 15.2. The molecule has 0 saturated carbocycles. The molecule has 1 aromatic heterocycles. The summed E-state index contributed by atoms with van der Waals surface area (Å²) in [6.07, 6.45) is 0.293. The number of benzene rings is 1. The second kappa shape index (κ2) is 8.02. The van der Waals surface area contributed by atoms with E-state index < -0.39 is 17.6 Å². The zero-order valence-electron chi connectivity index (χ0n) is 16.7. The number of rotatable bonds is 5. The fourth-order valence-corrected chi connectivity index (χ4v) is 4.19. The van der Waals surface area contributed by atoms with Crippen LogP contribution in [0.1, 0.15) is 49.8 Å². The molecule has 1 unspecified atom stereocenters. The fraction of sp³-hybridized carbons (Fsp3) is 0.524. The van der Waals surface area contributed by atoms with Crippen LogP contribution in [0, 0.1) is 5.82 Å². The van der Waals surface area contributed by atoms with Crippen molar-refractivity contribution in [3.05, 3.63) is 47.5 Å². The highest BCUT2D eigenvalue weighted by atomic mass is 19.4. The summed E-state index contributed by atoms with van der Waals surface area (Å²) in [6.45, 7) is 3.68. The van der Waals surface area contributed by atoms with Gasteiger partial charge in [-0.3, -0.25) is 0 Å². The molecule has 2 atom stereocenters. The molecule has 2 aromatic rings. The number of aromatic nitrogens is 2. The number of hydrogen-bond acceptors (Lipinski definition) is 5. The maximum absolute atomic E-state index is 15.2. The lowest BCUT2D eigenvalue weighted by atomic mass is 10.0. The minimum Gasteiger partial charge on any atom is -0.373 e. The van der Waals surface area contributed by atoms with E-state index in [1.807, 2.05) is 6.92 Å². The van der Waals surface area contributed by atoms with Gasteiger partial charge >= 0.3 is 6.18 Å².